The number of nitrogens with two attached hydrogens (primary N) is 1. The number of rotatable bonds is 12. The molecule has 0 aliphatic heterocycles. The van der Waals surface area contributed by atoms with Crippen molar-refractivity contribution in [2.24, 2.45) is 5.73 Å². The minimum absolute atomic E-state index is 0.784. The molecule has 2 N–H and O–H groups in total. The van der Waals surface area contributed by atoms with Gasteiger partial charge in [-0.1, -0.05) is 58.3 Å². The predicted molar refractivity (Wildman–Crippen MR) is 84.5 cm³/mol. The summed E-state index contributed by atoms with van der Waals surface area (Å²) in [6, 6.07) is 0. The SMILES string of the molecule is CO[Si](C)(C)C(C)CCCCCCCCCCN. The summed E-state index contributed by atoms with van der Waals surface area (Å²) in [6.45, 7) is 7.88. The lowest BCUT2D eigenvalue weighted by molar-refractivity contribution is 0.386. The van der Waals surface area contributed by atoms with Gasteiger partial charge in [-0.25, -0.2) is 0 Å². The fourth-order valence-corrected chi connectivity index (χ4v) is 3.51. The van der Waals surface area contributed by atoms with Gasteiger partial charge in [-0.2, -0.15) is 0 Å². The van der Waals surface area contributed by atoms with Crippen LogP contribution in [0.25, 0.3) is 0 Å². The van der Waals surface area contributed by atoms with Gasteiger partial charge in [0.2, 0.25) is 0 Å². The van der Waals surface area contributed by atoms with Crippen molar-refractivity contribution in [2.75, 3.05) is 13.7 Å². The Morgan fingerprint density at radius 2 is 1.33 bits per heavy atom. The zero-order valence-electron chi connectivity index (χ0n) is 13.1. The highest BCUT2D eigenvalue weighted by molar-refractivity contribution is 6.72. The molecular formula is C15H35NOSi. The van der Waals surface area contributed by atoms with Gasteiger partial charge in [0.1, 0.15) is 0 Å². The first-order valence-electron chi connectivity index (χ1n) is 7.79. The summed E-state index contributed by atoms with van der Waals surface area (Å²) in [7, 11) is 0.496. The van der Waals surface area contributed by atoms with E-state index in [-0.39, 0.29) is 0 Å². The fraction of sp³-hybridized carbons (Fsp3) is 1.00. The second-order valence-electron chi connectivity index (χ2n) is 6.11. The average molecular weight is 274 g/mol. The van der Waals surface area contributed by atoms with Crippen LogP contribution < -0.4 is 5.73 Å². The van der Waals surface area contributed by atoms with Gasteiger partial charge in [0.15, 0.2) is 8.32 Å². The zero-order valence-corrected chi connectivity index (χ0v) is 14.1. The van der Waals surface area contributed by atoms with E-state index in [0.29, 0.717) is 0 Å². The Morgan fingerprint density at radius 3 is 1.78 bits per heavy atom. The molecule has 0 aromatic rings. The smallest absolute Gasteiger partial charge is 0.188 e. The molecule has 18 heavy (non-hydrogen) atoms. The number of unbranched alkanes of at least 4 members (excludes halogenated alkanes) is 7. The Morgan fingerprint density at radius 1 is 0.889 bits per heavy atom. The largest absolute Gasteiger partial charge is 0.420 e. The van der Waals surface area contributed by atoms with E-state index in [1.807, 2.05) is 7.11 Å². The van der Waals surface area contributed by atoms with E-state index < -0.39 is 8.32 Å². The summed E-state index contributed by atoms with van der Waals surface area (Å²) in [5.41, 5.74) is 6.26. The van der Waals surface area contributed by atoms with Crippen LogP contribution in [-0.2, 0) is 4.43 Å². The molecule has 1 atom stereocenters. The van der Waals surface area contributed by atoms with Gasteiger partial charge in [0.05, 0.1) is 0 Å². The first-order valence-corrected chi connectivity index (χ1v) is 10.8. The molecule has 0 radical (unpaired) electrons. The van der Waals surface area contributed by atoms with E-state index in [4.69, 9.17) is 10.2 Å². The molecule has 0 aliphatic carbocycles. The monoisotopic (exact) mass is 273 g/mol. The molecule has 0 aliphatic rings. The zero-order chi connectivity index (χ0) is 13.9. The van der Waals surface area contributed by atoms with E-state index in [0.717, 1.165) is 12.1 Å². The molecule has 0 aromatic heterocycles. The third kappa shape index (κ3) is 9.12. The molecule has 0 rings (SSSR count). The standard InChI is InChI=1S/C15H35NOSi/c1-15(18(3,4)17-2)13-11-9-7-5-6-8-10-12-14-16/h15H,5-14,16H2,1-4H3. The van der Waals surface area contributed by atoms with Crippen LogP contribution >= 0.6 is 0 Å². The van der Waals surface area contributed by atoms with E-state index in [9.17, 15) is 0 Å². The van der Waals surface area contributed by atoms with E-state index >= 15 is 0 Å². The molecule has 0 aromatic carbocycles. The van der Waals surface area contributed by atoms with Crippen LogP contribution in [0.4, 0.5) is 0 Å². The normalized spacial score (nSPS) is 13.8. The first kappa shape index (κ1) is 18.1. The average Bonchev–Trinajstić information content (AvgIpc) is 2.36. The summed E-state index contributed by atoms with van der Waals surface area (Å²) < 4.78 is 5.66. The Hall–Kier alpha value is 0.137. The Bertz CT molecular complexity index is 185. The second kappa shape index (κ2) is 11.0. The molecule has 0 bridgehead atoms. The molecule has 3 heteroatoms. The van der Waals surface area contributed by atoms with Crippen LogP contribution in [0.2, 0.25) is 18.6 Å². The molecule has 0 fully saturated rings. The van der Waals surface area contributed by atoms with Crippen LogP contribution in [0.3, 0.4) is 0 Å². The van der Waals surface area contributed by atoms with Gasteiger partial charge in [-0.3, -0.25) is 0 Å². The van der Waals surface area contributed by atoms with Crippen molar-refractivity contribution in [1.29, 1.82) is 0 Å². The van der Waals surface area contributed by atoms with Gasteiger partial charge < -0.3 is 10.2 Å². The van der Waals surface area contributed by atoms with Gasteiger partial charge in [0, 0.05) is 7.11 Å². The minimum Gasteiger partial charge on any atom is -0.420 e. The summed E-state index contributed by atoms with van der Waals surface area (Å²) in [6.07, 6.45) is 12.2. The number of hydrogen-bond acceptors (Lipinski definition) is 2. The summed E-state index contributed by atoms with van der Waals surface area (Å²) >= 11 is 0. The first-order chi connectivity index (χ1) is 8.54. The molecular weight excluding hydrogens is 238 g/mol. The van der Waals surface area contributed by atoms with Crippen molar-refractivity contribution >= 4 is 8.32 Å². The third-order valence-electron chi connectivity index (χ3n) is 4.30. The molecule has 0 saturated carbocycles. The highest BCUT2D eigenvalue weighted by Crippen LogP contribution is 2.27. The molecule has 0 amide bonds. The van der Waals surface area contributed by atoms with Gasteiger partial charge in [-0.15, -0.1) is 0 Å². The Labute approximate surface area is 116 Å². The lowest BCUT2D eigenvalue weighted by Gasteiger charge is -2.27. The lowest BCUT2D eigenvalue weighted by atomic mass is 10.1. The highest BCUT2D eigenvalue weighted by Gasteiger charge is 2.28. The lowest BCUT2D eigenvalue weighted by Crippen LogP contribution is -2.33. The summed E-state index contributed by atoms with van der Waals surface area (Å²) in [5.74, 6) is 0. The molecule has 1 unspecified atom stereocenters. The van der Waals surface area contributed by atoms with Gasteiger partial charge >= 0.3 is 0 Å². The summed E-state index contributed by atoms with van der Waals surface area (Å²) in [5, 5.41) is 0. The van der Waals surface area contributed by atoms with Crippen molar-refractivity contribution in [3.05, 3.63) is 0 Å². The molecule has 0 spiro atoms. The fourth-order valence-electron chi connectivity index (χ4n) is 2.20. The van der Waals surface area contributed by atoms with Crippen molar-refractivity contribution in [2.45, 2.75) is 83.3 Å². The van der Waals surface area contributed by atoms with Crippen LogP contribution in [-0.4, -0.2) is 22.0 Å². The highest BCUT2D eigenvalue weighted by atomic mass is 28.4. The maximum atomic E-state index is 5.66. The quantitative estimate of drug-likeness (QED) is 0.413. The maximum absolute atomic E-state index is 5.66. The summed E-state index contributed by atoms with van der Waals surface area (Å²) in [4.78, 5) is 0. The number of hydrogen-bond donors (Lipinski definition) is 1. The van der Waals surface area contributed by atoms with Crippen molar-refractivity contribution in [3.63, 3.8) is 0 Å². The van der Waals surface area contributed by atoms with E-state index in [1.165, 1.54) is 57.8 Å². The van der Waals surface area contributed by atoms with Crippen molar-refractivity contribution in [3.8, 4) is 0 Å². The molecule has 0 saturated heterocycles. The van der Waals surface area contributed by atoms with Gasteiger partial charge in [0.25, 0.3) is 0 Å². The Kier molecular flexibility index (Phi) is 11.1. The molecule has 110 valence electrons. The van der Waals surface area contributed by atoms with Crippen molar-refractivity contribution < 1.29 is 4.43 Å². The van der Waals surface area contributed by atoms with E-state index in [1.54, 1.807) is 0 Å². The topological polar surface area (TPSA) is 35.2 Å². The minimum atomic E-state index is -1.38. The van der Waals surface area contributed by atoms with Crippen molar-refractivity contribution in [1.82, 2.24) is 0 Å². The Balaban J connectivity index is 3.30. The van der Waals surface area contributed by atoms with Crippen LogP contribution in [0.1, 0.15) is 64.7 Å². The maximum Gasteiger partial charge on any atom is 0.188 e. The van der Waals surface area contributed by atoms with Crippen LogP contribution in [0.5, 0.6) is 0 Å². The van der Waals surface area contributed by atoms with Crippen LogP contribution in [0, 0.1) is 0 Å². The second-order valence-corrected chi connectivity index (χ2v) is 10.7. The van der Waals surface area contributed by atoms with Gasteiger partial charge in [-0.05, 0) is 31.6 Å². The van der Waals surface area contributed by atoms with E-state index in [2.05, 4.69) is 20.0 Å². The van der Waals surface area contributed by atoms with Crippen LogP contribution in [0.15, 0.2) is 0 Å². The third-order valence-corrected chi connectivity index (χ3v) is 8.02. The predicted octanol–water partition coefficient (Wildman–Crippen LogP) is 4.70. The molecule has 2 nitrogen and oxygen atoms in total. The molecule has 0 heterocycles.